The second kappa shape index (κ2) is 10.5. The largest absolute Gasteiger partial charge is 0.395 e. The monoisotopic (exact) mass is 423 g/mol. The van der Waals surface area contributed by atoms with Crippen molar-refractivity contribution in [1.29, 1.82) is 0 Å². The normalized spacial score (nSPS) is 10.8. The number of rotatable bonds is 8. The van der Waals surface area contributed by atoms with Crippen LogP contribution in [-0.4, -0.2) is 34.1 Å². The molecule has 0 bridgehead atoms. The molecule has 0 saturated carbocycles. The van der Waals surface area contributed by atoms with Gasteiger partial charge in [-0.1, -0.05) is 48.5 Å². The number of carbonyl (C=O) groups excluding carboxylic acids is 1. The van der Waals surface area contributed by atoms with Gasteiger partial charge in [-0.2, -0.15) is 0 Å². The number of carbonyl (C=O) groups is 1. The van der Waals surface area contributed by atoms with Gasteiger partial charge in [0.15, 0.2) is 0 Å². The van der Waals surface area contributed by atoms with Crippen molar-refractivity contribution in [3.05, 3.63) is 120 Å². The lowest BCUT2D eigenvalue weighted by atomic mass is 9.85. The third-order valence-electron chi connectivity index (χ3n) is 5.45. The number of hydrogen-bond donors (Lipinski definition) is 2. The van der Waals surface area contributed by atoms with Crippen molar-refractivity contribution in [2.45, 2.75) is 12.3 Å². The zero-order valence-corrected chi connectivity index (χ0v) is 17.7. The van der Waals surface area contributed by atoms with Crippen molar-refractivity contribution in [3.8, 4) is 11.1 Å². The number of hydrogen-bond acceptors (Lipinski definition) is 4. The highest BCUT2D eigenvalue weighted by molar-refractivity contribution is 5.95. The topological polar surface area (TPSA) is 75.1 Å². The summed E-state index contributed by atoms with van der Waals surface area (Å²) in [4.78, 5) is 21.0. The number of pyridine rings is 2. The van der Waals surface area contributed by atoms with Gasteiger partial charge in [0.05, 0.1) is 6.61 Å². The average molecular weight is 424 g/mol. The minimum absolute atomic E-state index is 0.0850. The summed E-state index contributed by atoms with van der Waals surface area (Å²) in [5, 5.41) is 11.7. The Balaban J connectivity index is 1.70. The molecule has 2 aromatic heterocycles. The van der Waals surface area contributed by atoms with Crippen molar-refractivity contribution in [3.63, 3.8) is 0 Å². The van der Waals surface area contributed by atoms with Gasteiger partial charge in [0, 0.05) is 42.8 Å². The summed E-state index contributed by atoms with van der Waals surface area (Å²) in [6.45, 7) is 0.149. The maximum absolute atomic E-state index is 12.4. The van der Waals surface area contributed by atoms with Gasteiger partial charge in [-0.25, -0.2) is 0 Å². The molecule has 0 spiro atoms. The second-order valence-electron chi connectivity index (χ2n) is 7.55. The quantitative estimate of drug-likeness (QED) is 0.445. The van der Waals surface area contributed by atoms with Crippen LogP contribution in [0.5, 0.6) is 0 Å². The Bertz CT molecular complexity index is 1120. The molecule has 2 aromatic carbocycles. The predicted octanol–water partition coefficient (Wildman–Crippen LogP) is 4.24. The third-order valence-corrected chi connectivity index (χ3v) is 5.45. The zero-order chi connectivity index (χ0) is 22.2. The van der Waals surface area contributed by atoms with Crippen molar-refractivity contribution in [1.82, 2.24) is 15.3 Å². The van der Waals surface area contributed by atoms with E-state index in [4.69, 9.17) is 5.11 Å². The summed E-state index contributed by atoms with van der Waals surface area (Å²) in [5.41, 5.74) is 6.08. The van der Waals surface area contributed by atoms with Gasteiger partial charge in [-0.3, -0.25) is 14.8 Å². The molecule has 5 nitrogen and oxygen atoms in total. The van der Waals surface area contributed by atoms with Crippen LogP contribution in [0.4, 0.5) is 0 Å². The van der Waals surface area contributed by atoms with Gasteiger partial charge in [-0.15, -0.1) is 0 Å². The highest BCUT2D eigenvalue weighted by Gasteiger charge is 2.18. The lowest BCUT2D eigenvalue weighted by molar-refractivity contribution is 0.0945. The SMILES string of the molecule is O=C(NCCO)c1cccc(-c2ccccc2CC(c2cccnc2)c2cccnc2)c1. The summed E-state index contributed by atoms with van der Waals surface area (Å²) in [6, 6.07) is 24.0. The molecule has 160 valence electrons. The maximum Gasteiger partial charge on any atom is 0.251 e. The molecule has 4 rings (SSSR count). The summed E-state index contributed by atoms with van der Waals surface area (Å²) in [7, 11) is 0. The number of aliphatic hydroxyl groups is 1. The highest BCUT2D eigenvalue weighted by Crippen LogP contribution is 2.32. The second-order valence-corrected chi connectivity index (χ2v) is 7.55. The minimum atomic E-state index is -0.193. The standard InChI is InChI=1S/C27H25N3O2/c31-15-14-30-27(32)22-8-3-7-20(16-22)25-11-2-1-6-21(25)17-26(23-9-4-12-28-18-23)24-10-5-13-29-19-24/h1-13,16,18-19,26,31H,14-15,17H2,(H,30,32). The van der Waals surface area contributed by atoms with E-state index in [1.807, 2.05) is 54.9 Å². The molecule has 4 aromatic rings. The fraction of sp³-hybridized carbons (Fsp3) is 0.148. The van der Waals surface area contributed by atoms with Crippen LogP contribution >= 0.6 is 0 Å². The van der Waals surface area contributed by atoms with Crippen LogP contribution in [0, 0.1) is 0 Å². The first-order chi connectivity index (χ1) is 15.8. The average Bonchev–Trinajstić information content (AvgIpc) is 2.87. The predicted molar refractivity (Wildman–Crippen MR) is 125 cm³/mol. The molecule has 0 aliphatic carbocycles. The zero-order valence-electron chi connectivity index (χ0n) is 17.7. The number of aromatic nitrogens is 2. The Hall–Kier alpha value is -3.83. The van der Waals surface area contributed by atoms with Gasteiger partial charge in [0.25, 0.3) is 5.91 Å². The molecule has 0 radical (unpaired) electrons. The number of amides is 1. The van der Waals surface area contributed by atoms with E-state index in [1.165, 1.54) is 5.56 Å². The number of benzene rings is 2. The van der Waals surface area contributed by atoms with Crippen LogP contribution in [0.15, 0.2) is 97.6 Å². The molecule has 0 atom stereocenters. The maximum atomic E-state index is 12.4. The summed E-state index contributed by atoms with van der Waals surface area (Å²) in [6.07, 6.45) is 8.16. The van der Waals surface area contributed by atoms with E-state index in [0.29, 0.717) is 5.56 Å². The van der Waals surface area contributed by atoms with Gasteiger partial charge >= 0.3 is 0 Å². The van der Waals surface area contributed by atoms with Crippen LogP contribution in [0.3, 0.4) is 0 Å². The molecule has 0 fully saturated rings. The van der Waals surface area contributed by atoms with Gasteiger partial charge in [0.1, 0.15) is 0 Å². The molecule has 0 saturated heterocycles. The minimum Gasteiger partial charge on any atom is -0.395 e. The lowest BCUT2D eigenvalue weighted by Gasteiger charge is -2.20. The van der Waals surface area contributed by atoms with E-state index in [-0.39, 0.29) is 25.0 Å². The van der Waals surface area contributed by atoms with Crippen LogP contribution in [0.25, 0.3) is 11.1 Å². The van der Waals surface area contributed by atoms with Crippen LogP contribution < -0.4 is 5.32 Å². The Kier molecular flexibility index (Phi) is 7.00. The first-order valence-electron chi connectivity index (χ1n) is 10.6. The van der Waals surface area contributed by atoms with Gasteiger partial charge in [0.2, 0.25) is 0 Å². The van der Waals surface area contributed by atoms with Crippen molar-refractivity contribution < 1.29 is 9.90 Å². The molecular weight excluding hydrogens is 398 g/mol. The van der Waals surface area contributed by atoms with Crippen LogP contribution in [0.2, 0.25) is 0 Å². The molecule has 0 unspecified atom stereocenters. The Morgan fingerprint density at radius 1 is 0.875 bits per heavy atom. The fourth-order valence-electron chi connectivity index (χ4n) is 3.89. The molecule has 2 N–H and O–H groups in total. The third kappa shape index (κ3) is 5.07. The molecular formula is C27H25N3O2. The molecule has 0 aliphatic heterocycles. The summed E-state index contributed by atoms with van der Waals surface area (Å²) >= 11 is 0. The Labute approximate surface area is 187 Å². The number of nitrogens with zero attached hydrogens (tertiary/aromatic N) is 2. The summed E-state index contributed by atoms with van der Waals surface area (Å²) < 4.78 is 0. The number of aliphatic hydroxyl groups excluding tert-OH is 1. The van der Waals surface area contributed by atoms with E-state index in [9.17, 15) is 4.79 Å². The Morgan fingerprint density at radius 2 is 1.59 bits per heavy atom. The van der Waals surface area contributed by atoms with Crippen molar-refractivity contribution in [2.75, 3.05) is 13.2 Å². The number of nitrogens with one attached hydrogen (secondary N) is 1. The lowest BCUT2D eigenvalue weighted by Crippen LogP contribution is -2.26. The van der Waals surface area contributed by atoms with E-state index in [0.717, 1.165) is 28.7 Å². The molecule has 2 heterocycles. The van der Waals surface area contributed by atoms with E-state index < -0.39 is 0 Å². The Morgan fingerprint density at radius 3 is 2.25 bits per heavy atom. The van der Waals surface area contributed by atoms with E-state index in [1.54, 1.807) is 18.5 Å². The molecule has 32 heavy (non-hydrogen) atoms. The molecule has 1 amide bonds. The van der Waals surface area contributed by atoms with Gasteiger partial charge < -0.3 is 10.4 Å². The summed E-state index contributed by atoms with van der Waals surface area (Å²) in [5.74, 6) is -0.0865. The first kappa shape index (κ1) is 21.4. The van der Waals surface area contributed by atoms with Crippen LogP contribution in [0.1, 0.15) is 33.0 Å². The van der Waals surface area contributed by atoms with Crippen molar-refractivity contribution in [2.24, 2.45) is 0 Å². The molecule has 0 aliphatic rings. The smallest absolute Gasteiger partial charge is 0.251 e. The van der Waals surface area contributed by atoms with Gasteiger partial charge in [-0.05, 0) is 58.5 Å². The van der Waals surface area contributed by atoms with E-state index >= 15 is 0 Å². The van der Waals surface area contributed by atoms with Crippen molar-refractivity contribution >= 4 is 5.91 Å². The highest BCUT2D eigenvalue weighted by atomic mass is 16.3. The van der Waals surface area contributed by atoms with Crippen LogP contribution in [-0.2, 0) is 6.42 Å². The molecule has 5 heteroatoms. The first-order valence-corrected chi connectivity index (χ1v) is 10.6. The van der Waals surface area contributed by atoms with E-state index in [2.05, 4.69) is 39.6 Å². The fourth-order valence-corrected chi connectivity index (χ4v) is 3.89.